The Hall–Kier alpha value is -2.67. The number of nitrogens with zero attached hydrogens (tertiary/aromatic N) is 2. The fourth-order valence-electron chi connectivity index (χ4n) is 3.30. The Labute approximate surface area is 146 Å². The quantitative estimate of drug-likeness (QED) is 0.584. The molecule has 3 N–H and O–H groups in total. The lowest BCUT2D eigenvalue weighted by molar-refractivity contribution is 0.0706. The molecule has 1 aliphatic rings. The lowest BCUT2D eigenvalue weighted by Crippen LogP contribution is -2.29. The zero-order chi connectivity index (χ0) is 18.0. The van der Waals surface area contributed by atoms with E-state index in [-0.39, 0.29) is 11.9 Å². The zero-order valence-corrected chi connectivity index (χ0v) is 14.4. The van der Waals surface area contributed by atoms with Crippen molar-refractivity contribution in [3.63, 3.8) is 0 Å². The van der Waals surface area contributed by atoms with Gasteiger partial charge in [-0.1, -0.05) is 12.1 Å². The van der Waals surface area contributed by atoms with Gasteiger partial charge in [0.1, 0.15) is 5.69 Å². The molecule has 0 spiro atoms. The number of aromatic nitrogens is 2. The summed E-state index contributed by atoms with van der Waals surface area (Å²) in [5.74, 6) is -0.701. The molecule has 0 saturated heterocycles. The fraction of sp³-hybridized carbons (Fsp3) is 0.389. The third-order valence-corrected chi connectivity index (χ3v) is 4.66. The van der Waals surface area contributed by atoms with E-state index >= 15 is 0 Å². The molecule has 0 fully saturated rings. The van der Waals surface area contributed by atoms with Gasteiger partial charge in [-0.25, -0.2) is 5.48 Å². The van der Waals surface area contributed by atoms with Gasteiger partial charge >= 0.3 is 0 Å². The highest BCUT2D eigenvalue weighted by atomic mass is 16.5. The number of aryl methyl sites for hydroxylation is 2. The lowest BCUT2D eigenvalue weighted by atomic mass is 9.95. The molecule has 1 aromatic carbocycles. The molecule has 0 aliphatic heterocycles. The summed E-state index contributed by atoms with van der Waals surface area (Å²) in [7, 11) is 1.81. The molecule has 7 nitrogen and oxygen atoms in total. The zero-order valence-electron chi connectivity index (χ0n) is 14.4. The SMILES string of the molecule is CC(NC(=O)c1c2c(nn1C)CCCC2)c1ccc(C(=O)NO)cc1. The van der Waals surface area contributed by atoms with Crippen molar-refractivity contribution >= 4 is 11.8 Å². The number of hydrogen-bond acceptors (Lipinski definition) is 4. The van der Waals surface area contributed by atoms with E-state index in [9.17, 15) is 9.59 Å². The van der Waals surface area contributed by atoms with E-state index < -0.39 is 5.91 Å². The Morgan fingerprint density at radius 3 is 2.52 bits per heavy atom. The number of hydroxylamine groups is 1. The summed E-state index contributed by atoms with van der Waals surface area (Å²) >= 11 is 0. The van der Waals surface area contributed by atoms with Crippen LogP contribution in [0.3, 0.4) is 0 Å². The van der Waals surface area contributed by atoms with Crippen LogP contribution in [0.15, 0.2) is 24.3 Å². The highest BCUT2D eigenvalue weighted by Crippen LogP contribution is 2.24. The van der Waals surface area contributed by atoms with Gasteiger partial charge in [-0.05, 0) is 50.3 Å². The Morgan fingerprint density at radius 1 is 1.16 bits per heavy atom. The van der Waals surface area contributed by atoms with E-state index in [2.05, 4.69) is 10.4 Å². The van der Waals surface area contributed by atoms with Crippen LogP contribution in [-0.4, -0.2) is 26.8 Å². The number of hydrogen-bond donors (Lipinski definition) is 3. The van der Waals surface area contributed by atoms with Crippen molar-refractivity contribution in [2.45, 2.75) is 38.6 Å². The van der Waals surface area contributed by atoms with Crippen LogP contribution in [0.25, 0.3) is 0 Å². The van der Waals surface area contributed by atoms with Gasteiger partial charge in [0, 0.05) is 18.2 Å². The molecular formula is C18H22N4O3. The number of benzene rings is 1. The van der Waals surface area contributed by atoms with E-state index in [1.807, 2.05) is 6.92 Å². The molecule has 0 radical (unpaired) electrons. The second-order valence-corrected chi connectivity index (χ2v) is 6.36. The standard InChI is InChI=1S/C18H22N4O3/c1-11(12-7-9-13(10-8-12)17(23)21-25)19-18(24)16-14-5-3-4-6-15(14)20-22(16)2/h7-11,25H,3-6H2,1-2H3,(H,19,24)(H,21,23). The number of carbonyl (C=O) groups is 2. The van der Waals surface area contributed by atoms with E-state index in [1.54, 1.807) is 41.5 Å². The molecule has 1 atom stereocenters. The van der Waals surface area contributed by atoms with Crippen molar-refractivity contribution in [2.24, 2.45) is 7.05 Å². The van der Waals surface area contributed by atoms with Gasteiger partial charge in [0.15, 0.2) is 0 Å². The highest BCUT2D eigenvalue weighted by Gasteiger charge is 2.24. The molecule has 0 bridgehead atoms. The van der Waals surface area contributed by atoms with Crippen molar-refractivity contribution in [3.8, 4) is 0 Å². The Balaban J connectivity index is 1.75. The maximum atomic E-state index is 12.7. The van der Waals surface area contributed by atoms with Crippen LogP contribution in [0.4, 0.5) is 0 Å². The van der Waals surface area contributed by atoms with Crippen LogP contribution >= 0.6 is 0 Å². The minimum absolute atomic E-state index is 0.136. The van der Waals surface area contributed by atoms with Crippen LogP contribution in [0, 0.1) is 0 Å². The summed E-state index contributed by atoms with van der Waals surface area (Å²) in [6.45, 7) is 1.89. The first-order chi connectivity index (χ1) is 12.0. The lowest BCUT2D eigenvalue weighted by Gasteiger charge is -2.16. The minimum atomic E-state index is -0.565. The predicted molar refractivity (Wildman–Crippen MR) is 91.4 cm³/mol. The average Bonchev–Trinajstić information content (AvgIpc) is 2.96. The predicted octanol–water partition coefficient (Wildman–Crippen LogP) is 1.91. The van der Waals surface area contributed by atoms with Crippen LogP contribution in [0.2, 0.25) is 0 Å². The highest BCUT2D eigenvalue weighted by molar-refractivity contribution is 5.95. The van der Waals surface area contributed by atoms with Crippen LogP contribution < -0.4 is 10.8 Å². The normalized spacial score (nSPS) is 14.5. The first-order valence-electron chi connectivity index (χ1n) is 8.41. The monoisotopic (exact) mass is 342 g/mol. The Bertz CT molecular complexity index is 795. The molecule has 3 rings (SSSR count). The minimum Gasteiger partial charge on any atom is -0.344 e. The van der Waals surface area contributed by atoms with Crippen LogP contribution in [0.1, 0.15) is 63.5 Å². The van der Waals surface area contributed by atoms with E-state index in [4.69, 9.17) is 5.21 Å². The summed E-state index contributed by atoms with van der Waals surface area (Å²) in [5.41, 5.74) is 5.56. The molecule has 1 heterocycles. The third-order valence-electron chi connectivity index (χ3n) is 4.66. The van der Waals surface area contributed by atoms with Gasteiger partial charge < -0.3 is 5.32 Å². The van der Waals surface area contributed by atoms with Crippen molar-refractivity contribution < 1.29 is 14.8 Å². The summed E-state index contributed by atoms with van der Waals surface area (Å²) < 4.78 is 1.67. The fourth-order valence-corrected chi connectivity index (χ4v) is 3.30. The maximum Gasteiger partial charge on any atom is 0.274 e. The molecule has 2 amide bonds. The number of fused-ring (bicyclic) bond motifs is 1. The van der Waals surface area contributed by atoms with Gasteiger partial charge in [0.2, 0.25) is 0 Å². The van der Waals surface area contributed by atoms with Crippen molar-refractivity contribution in [2.75, 3.05) is 0 Å². The third kappa shape index (κ3) is 3.41. The molecule has 132 valence electrons. The Morgan fingerprint density at radius 2 is 1.84 bits per heavy atom. The van der Waals surface area contributed by atoms with Gasteiger partial charge in [0.25, 0.3) is 11.8 Å². The topological polar surface area (TPSA) is 96.2 Å². The number of carbonyl (C=O) groups excluding carboxylic acids is 2. The largest absolute Gasteiger partial charge is 0.344 e. The van der Waals surface area contributed by atoms with Gasteiger partial charge in [-0.3, -0.25) is 19.5 Å². The van der Waals surface area contributed by atoms with Crippen LogP contribution in [0.5, 0.6) is 0 Å². The second kappa shape index (κ2) is 7.06. The van der Waals surface area contributed by atoms with Crippen LogP contribution in [-0.2, 0) is 19.9 Å². The summed E-state index contributed by atoms with van der Waals surface area (Å²) in [4.78, 5) is 24.1. The second-order valence-electron chi connectivity index (χ2n) is 6.36. The van der Waals surface area contributed by atoms with E-state index in [1.165, 1.54) is 0 Å². The number of nitrogens with one attached hydrogen (secondary N) is 2. The van der Waals surface area contributed by atoms with E-state index in [0.717, 1.165) is 42.5 Å². The first-order valence-corrected chi connectivity index (χ1v) is 8.41. The molecule has 2 aromatic rings. The average molecular weight is 342 g/mol. The van der Waals surface area contributed by atoms with Gasteiger partial charge in [0.05, 0.1) is 11.7 Å². The van der Waals surface area contributed by atoms with Gasteiger partial charge in [-0.2, -0.15) is 5.10 Å². The van der Waals surface area contributed by atoms with E-state index in [0.29, 0.717) is 11.3 Å². The van der Waals surface area contributed by atoms with Crippen molar-refractivity contribution in [1.29, 1.82) is 0 Å². The summed E-state index contributed by atoms with van der Waals surface area (Å²) in [6, 6.07) is 6.51. The molecular weight excluding hydrogens is 320 g/mol. The first kappa shape index (κ1) is 17.2. The number of amides is 2. The molecule has 1 aromatic heterocycles. The molecule has 1 unspecified atom stereocenters. The smallest absolute Gasteiger partial charge is 0.274 e. The molecule has 7 heteroatoms. The van der Waals surface area contributed by atoms with Crippen molar-refractivity contribution in [1.82, 2.24) is 20.6 Å². The maximum absolute atomic E-state index is 12.7. The summed E-state index contributed by atoms with van der Waals surface area (Å²) in [6.07, 6.45) is 4.03. The Kier molecular flexibility index (Phi) is 4.85. The van der Waals surface area contributed by atoms with Gasteiger partial charge in [-0.15, -0.1) is 0 Å². The number of rotatable bonds is 4. The van der Waals surface area contributed by atoms with Crippen molar-refractivity contribution in [3.05, 3.63) is 52.3 Å². The molecule has 25 heavy (non-hydrogen) atoms. The molecule has 0 saturated carbocycles. The molecule has 1 aliphatic carbocycles. The summed E-state index contributed by atoms with van der Waals surface area (Å²) in [5, 5.41) is 16.1.